The van der Waals surface area contributed by atoms with Gasteiger partial charge in [0.2, 0.25) is 0 Å². The van der Waals surface area contributed by atoms with Crippen LogP contribution in [0, 0.1) is 3.57 Å². The number of piperidine rings is 1. The summed E-state index contributed by atoms with van der Waals surface area (Å²) in [4.78, 5) is 12.3. The molecule has 3 nitrogen and oxygen atoms in total. The van der Waals surface area contributed by atoms with E-state index >= 15 is 0 Å². The van der Waals surface area contributed by atoms with Gasteiger partial charge < -0.3 is 10.1 Å². The number of benzene rings is 2. The molecule has 2 atom stereocenters. The molecule has 1 aliphatic rings. The van der Waals surface area contributed by atoms with E-state index in [1.165, 1.54) is 5.56 Å². The third-order valence-electron chi connectivity index (χ3n) is 3.99. The normalized spacial score (nSPS) is 20.4. The number of carbonyl (C=O) groups is 1. The predicted molar refractivity (Wildman–Crippen MR) is 102 cm³/mol. The lowest BCUT2D eigenvalue weighted by Crippen LogP contribution is -2.42. The van der Waals surface area contributed by atoms with Crippen LogP contribution < -0.4 is 5.32 Å². The average Bonchev–Trinajstić information content (AvgIpc) is 2.57. The quantitative estimate of drug-likeness (QED) is 0.575. The maximum atomic E-state index is 12.3. The van der Waals surface area contributed by atoms with E-state index in [0.29, 0.717) is 12.1 Å². The van der Waals surface area contributed by atoms with Crippen molar-refractivity contribution in [1.29, 1.82) is 0 Å². The van der Waals surface area contributed by atoms with E-state index in [-0.39, 0.29) is 30.4 Å². The van der Waals surface area contributed by atoms with Gasteiger partial charge in [-0.3, -0.25) is 0 Å². The van der Waals surface area contributed by atoms with Gasteiger partial charge in [-0.25, -0.2) is 4.79 Å². The van der Waals surface area contributed by atoms with Crippen molar-refractivity contribution in [3.05, 3.63) is 69.3 Å². The Morgan fingerprint density at radius 2 is 1.78 bits per heavy atom. The van der Waals surface area contributed by atoms with E-state index in [1.54, 1.807) is 0 Å². The number of rotatable bonds is 3. The smallest absolute Gasteiger partial charge is 0.338 e. The molecular formula is C18H19ClINO2. The molecule has 1 heterocycles. The van der Waals surface area contributed by atoms with Crippen molar-refractivity contribution in [2.45, 2.75) is 18.4 Å². The van der Waals surface area contributed by atoms with Gasteiger partial charge in [0, 0.05) is 16.0 Å². The van der Waals surface area contributed by atoms with Crippen molar-refractivity contribution in [2.24, 2.45) is 0 Å². The van der Waals surface area contributed by atoms with Crippen LogP contribution in [-0.2, 0) is 4.74 Å². The lowest BCUT2D eigenvalue weighted by molar-refractivity contribution is 0.0182. The van der Waals surface area contributed by atoms with Crippen LogP contribution in [0.5, 0.6) is 0 Å². The molecule has 1 fully saturated rings. The summed E-state index contributed by atoms with van der Waals surface area (Å²) in [6, 6.07) is 17.8. The number of nitrogens with one attached hydrogen (secondary N) is 1. The molecule has 0 spiro atoms. The van der Waals surface area contributed by atoms with Crippen LogP contribution in [-0.4, -0.2) is 25.2 Å². The van der Waals surface area contributed by atoms with Gasteiger partial charge in [0.15, 0.2) is 0 Å². The fraction of sp³-hybridized carbons (Fsp3) is 0.278. The summed E-state index contributed by atoms with van der Waals surface area (Å²) in [5.41, 5.74) is 1.85. The summed E-state index contributed by atoms with van der Waals surface area (Å²) in [5, 5.41) is 3.32. The van der Waals surface area contributed by atoms with Gasteiger partial charge in [-0.15, -0.1) is 12.4 Å². The lowest BCUT2D eigenvalue weighted by Gasteiger charge is -2.32. The summed E-state index contributed by atoms with van der Waals surface area (Å²) in [7, 11) is 0. The number of esters is 1. The molecule has 2 aromatic carbocycles. The molecule has 5 heteroatoms. The highest BCUT2D eigenvalue weighted by Crippen LogP contribution is 2.28. The molecule has 23 heavy (non-hydrogen) atoms. The number of carbonyl (C=O) groups excluding carboxylic acids is 1. The van der Waals surface area contributed by atoms with Crippen molar-refractivity contribution in [1.82, 2.24) is 5.32 Å². The van der Waals surface area contributed by atoms with Crippen molar-refractivity contribution < 1.29 is 9.53 Å². The van der Waals surface area contributed by atoms with Crippen LogP contribution in [0.2, 0.25) is 0 Å². The van der Waals surface area contributed by atoms with Crippen molar-refractivity contribution in [3.8, 4) is 0 Å². The molecule has 0 radical (unpaired) electrons. The zero-order chi connectivity index (χ0) is 15.4. The topological polar surface area (TPSA) is 38.3 Å². The van der Waals surface area contributed by atoms with Gasteiger partial charge in [0.05, 0.1) is 5.56 Å². The highest BCUT2D eigenvalue weighted by Gasteiger charge is 2.29. The number of hydrogen-bond donors (Lipinski definition) is 1. The maximum Gasteiger partial charge on any atom is 0.338 e. The number of ether oxygens (including phenoxy) is 1. The Morgan fingerprint density at radius 1 is 1.09 bits per heavy atom. The standard InChI is InChI=1S/C18H18INO2.ClH/c19-15-8-6-14(7-9-15)18(21)22-17-12-20-11-10-16(17)13-4-2-1-3-5-13;/h1-9,16-17,20H,10-12H2;1H/t16-,17+;/m1./s1. The molecule has 2 aromatic rings. The molecule has 3 rings (SSSR count). The first-order valence-corrected chi connectivity index (χ1v) is 8.54. The SMILES string of the molecule is Cl.O=C(O[C@H]1CNCC[C@@H]1c1ccccc1)c1ccc(I)cc1. The van der Waals surface area contributed by atoms with Crippen LogP contribution >= 0.6 is 35.0 Å². The van der Waals surface area contributed by atoms with Gasteiger partial charge >= 0.3 is 5.97 Å². The first-order chi connectivity index (χ1) is 10.7. The van der Waals surface area contributed by atoms with Gasteiger partial charge in [-0.1, -0.05) is 30.3 Å². The van der Waals surface area contributed by atoms with Gasteiger partial charge in [0.25, 0.3) is 0 Å². The molecule has 1 N–H and O–H groups in total. The summed E-state index contributed by atoms with van der Waals surface area (Å²) < 4.78 is 6.89. The third-order valence-corrected chi connectivity index (χ3v) is 4.71. The Bertz CT molecular complexity index is 633. The zero-order valence-electron chi connectivity index (χ0n) is 12.6. The average molecular weight is 444 g/mol. The second kappa shape index (κ2) is 8.66. The minimum absolute atomic E-state index is 0. The van der Waals surface area contributed by atoms with Gasteiger partial charge in [-0.2, -0.15) is 0 Å². The third kappa shape index (κ3) is 4.68. The van der Waals surface area contributed by atoms with E-state index in [4.69, 9.17) is 4.74 Å². The van der Waals surface area contributed by atoms with E-state index < -0.39 is 0 Å². The summed E-state index contributed by atoms with van der Waals surface area (Å²) in [6.45, 7) is 1.66. The predicted octanol–water partition coefficient (Wildman–Crippen LogP) is 4.02. The number of hydrogen-bond acceptors (Lipinski definition) is 3. The molecule has 1 saturated heterocycles. The largest absolute Gasteiger partial charge is 0.457 e. The van der Waals surface area contributed by atoms with E-state index in [0.717, 1.165) is 16.5 Å². The summed E-state index contributed by atoms with van der Waals surface area (Å²) in [5.74, 6) is 0.0151. The maximum absolute atomic E-state index is 12.3. The molecule has 0 bridgehead atoms. The van der Waals surface area contributed by atoms with E-state index in [9.17, 15) is 4.79 Å². The Hall–Kier alpha value is -1.11. The van der Waals surface area contributed by atoms with E-state index in [1.807, 2.05) is 42.5 Å². The molecule has 122 valence electrons. The molecule has 0 unspecified atom stereocenters. The van der Waals surface area contributed by atoms with Crippen LogP contribution in [0.1, 0.15) is 28.3 Å². The molecule has 1 aliphatic heterocycles. The van der Waals surface area contributed by atoms with Gasteiger partial charge in [0.1, 0.15) is 6.10 Å². The fourth-order valence-corrected chi connectivity index (χ4v) is 3.19. The lowest BCUT2D eigenvalue weighted by atomic mass is 9.88. The van der Waals surface area contributed by atoms with Crippen LogP contribution in [0.3, 0.4) is 0 Å². The second-order valence-corrected chi connectivity index (χ2v) is 6.71. The highest BCUT2D eigenvalue weighted by molar-refractivity contribution is 14.1. The number of halogens is 2. The highest BCUT2D eigenvalue weighted by atomic mass is 127. The zero-order valence-corrected chi connectivity index (χ0v) is 15.5. The van der Waals surface area contributed by atoms with Gasteiger partial charge in [-0.05, 0) is 65.4 Å². The van der Waals surface area contributed by atoms with Crippen LogP contribution in [0.25, 0.3) is 0 Å². The Balaban J connectivity index is 0.00000192. The van der Waals surface area contributed by atoms with Crippen LogP contribution in [0.4, 0.5) is 0 Å². The first kappa shape index (κ1) is 18.2. The minimum Gasteiger partial charge on any atom is -0.457 e. The molecule has 0 saturated carbocycles. The molecule has 0 aromatic heterocycles. The molecule has 0 aliphatic carbocycles. The van der Waals surface area contributed by atoms with Crippen LogP contribution in [0.15, 0.2) is 54.6 Å². The van der Waals surface area contributed by atoms with Crippen molar-refractivity contribution >= 4 is 41.0 Å². The fourth-order valence-electron chi connectivity index (χ4n) is 2.83. The monoisotopic (exact) mass is 443 g/mol. The molecule has 0 amide bonds. The van der Waals surface area contributed by atoms with Crippen molar-refractivity contribution in [3.63, 3.8) is 0 Å². The Kier molecular flexibility index (Phi) is 6.87. The summed E-state index contributed by atoms with van der Waals surface area (Å²) in [6.07, 6.45) is 0.859. The molecular weight excluding hydrogens is 425 g/mol. The Labute approximate surface area is 156 Å². The van der Waals surface area contributed by atoms with Crippen molar-refractivity contribution in [2.75, 3.05) is 13.1 Å². The Morgan fingerprint density at radius 3 is 2.48 bits per heavy atom. The minimum atomic E-state index is -0.244. The first-order valence-electron chi connectivity index (χ1n) is 7.46. The second-order valence-electron chi connectivity index (χ2n) is 5.46. The summed E-state index contributed by atoms with van der Waals surface area (Å²) >= 11 is 2.22. The van der Waals surface area contributed by atoms with E-state index in [2.05, 4.69) is 40.0 Å².